The lowest BCUT2D eigenvalue weighted by Gasteiger charge is -2.23. The third-order valence-electron chi connectivity index (χ3n) is 2.33. The molecule has 4 N–H and O–H groups in total. The van der Waals surface area contributed by atoms with E-state index in [1.54, 1.807) is 20.8 Å². The number of methoxy groups -OCH3 is 1. The second-order valence-electron chi connectivity index (χ2n) is 5.62. The molecule has 126 valence electrons. The number of amides is 3. The summed E-state index contributed by atoms with van der Waals surface area (Å²) < 4.78 is 9.46. The van der Waals surface area contributed by atoms with Gasteiger partial charge in [0.2, 0.25) is 11.8 Å². The van der Waals surface area contributed by atoms with Crippen molar-refractivity contribution in [2.75, 3.05) is 7.11 Å². The largest absolute Gasteiger partial charge is 0.467 e. The zero-order valence-electron chi connectivity index (χ0n) is 13.4. The summed E-state index contributed by atoms with van der Waals surface area (Å²) in [5.41, 5.74) is 4.28. The Bertz CT molecular complexity index is 444. The molecule has 0 unspecified atom stereocenters. The minimum Gasteiger partial charge on any atom is -0.467 e. The quantitative estimate of drug-likeness (QED) is 0.561. The fourth-order valence-corrected chi connectivity index (χ4v) is 1.41. The van der Waals surface area contributed by atoms with Gasteiger partial charge in [0, 0.05) is 0 Å². The molecule has 3 amide bonds. The van der Waals surface area contributed by atoms with E-state index in [1.165, 1.54) is 14.0 Å². The Labute approximate surface area is 128 Å². The Balaban J connectivity index is 4.82. The minimum atomic E-state index is -1.25. The third-order valence-corrected chi connectivity index (χ3v) is 2.33. The lowest BCUT2D eigenvalue weighted by Crippen LogP contribution is -2.52. The van der Waals surface area contributed by atoms with Gasteiger partial charge in [-0.15, -0.1) is 0 Å². The number of carbonyl (C=O) groups is 4. The maximum atomic E-state index is 12.0. The monoisotopic (exact) mass is 317 g/mol. The van der Waals surface area contributed by atoms with Gasteiger partial charge in [-0.1, -0.05) is 0 Å². The van der Waals surface area contributed by atoms with Crippen LogP contribution in [-0.4, -0.2) is 48.7 Å². The predicted molar refractivity (Wildman–Crippen MR) is 76.6 cm³/mol. The van der Waals surface area contributed by atoms with Gasteiger partial charge >= 0.3 is 12.1 Å². The Hall–Kier alpha value is -2.32. The summed E-state index contributed by atoms with van der Waals surface area (Å²) in [4.78, 5) is 46.0. The molecule has 0 aliphatic rings. The summed E-state index contributed by atoms with van der Waals surface area (Å²) in [5, 5.41) is 4.55. The summed E-state index contributed by atoms with van der Waals surface area (Å²) in [6, 6.07) is -2.19. The highest BCUT2D eigenvalue weighted by atomic mass is 16.6. The fraction of sp³-hybridized carbons (Fsp3) is 0.692. The molecule has 22 heavy (non-hydrogen) atoms. The van der Waals surface area contributed by atoms with Gasteiger partial charge < -0.3 is 25.8 Å². The second-order valence-corrected chi connectivity index (χ2v) is 5.62. The van der Waals surface area contributed by atoms with E-state index in [2.05, 4.69) is 15.4 Å². The van der Waals surface area contributed by atoms with Crippen molar-refractivity contribution >= 4 is 23.9 Å². The predicted octanol–water partition coefficient (Wildman–Crippen LogP) is -0.567. The fourth-order valence-electron chi connectivity index (χ4n) is 1.41. The van der Waals surface area contributed by atoms with Crippen LogP contribution in [0.25, 0.3) is 0 Å². The van der Waals surface area contributed by atoms with Crippen molar-refractivity contribution in [3.63, 3.8) is 0 Å². The highest BCUT2D eigenvalue weighted by Crippen LogP contribution is 2.07. The molecular formula is C13H23N3O6. The molecule has 0 aromatic rings. The van der Waals surface area contributed by atoms with E-state index in [9.17, 15) is 19.2 Å². The van der Waals surface area contributed by atoms with Crippen LogP contribution < -0.4 is 16.4 Å². The molecule has 2 atom stereocenters. The van der Waals surface area contributed by atoms with E-state index in [0.29, 0.717) is 0 Å². The number of hydrogen-bond donors (Lipinski definition) is 3. The van der Waals surface area contributed by atoms with Crippen LogP contribution in [0.5, 0.6) is 0 Å². The molecule has 9 heteroatoms. The lowest BCUT2D eigenvalue weighted by molar-refractivity contribution is -0.144. The summed E-state index contributed by atoms with van der Waals surface area (Å²) >= 11 is 0. The van der Waals surface area contributed by atoms with E-state index in [4.69, 9.17) is 10.5 Å². The number of nitrogens with two attached hydrogens (primary N) is 1. The third kappa shape index (κ3) is 8.08. The van der Waals surface area contributed by atoms with E-state index >= 15 is 0 Å². The van der Waals surface area contributed by atoms with Crippen LogP contribution in [0.3, 0.4) is 0 Å². The number of esters is 1. The Morgan fingerprint density at radius 3 is 2.09 bits per heavy atom. The zero-order valence-corrected chi connectivity index (χ0v) is 13.4. The van der Waals surface area contributed by atoms with Crippen LogP contribution >= 0.6 is 0 Å². The Kier molecular flexibility index (Phi) is 7.34. The first-order valence-electron chi connectivity index (χ1n) is 6.62. The summed E-state index contributed by atoms with van der Waals surface area (Å²) in [7, 11) is 1.17. The smallest absolute Gasteiger partial charge is 0.408 e. The van der Waals surface area contributed by atoms with Gasteiger partial charge in [-0.3, -0.25) is 9.59 Å². The van der Waals surface area contributed by atoms with Gasteiger partial charge in [0.25, 0.3) is 0 Å². The van der Waals surface area contributed by atoms with Crippen molar-refractivity contribution in [2.45, 2.75) is 51.8 Å². The van der Waals surface area contributed by atoms with Gasteiger partial charge in [0.05, 0.1) is 13.5 Å². The molecule has 0 saturated heterocycles. The highest BCUT2D eigenvalue weighted by Gasteiger charge is 2.28. The summed E-state index contributed by atoms with van der Waals surface area (Å²) in [6.07, 6.45) is -1.31. The zero-order chi connectivity index (χ0) is 17.5. The molecular weight excluding hydrogens is 294 g/mol. The van der Waals surface area contributed by atoms with Crippen LogP contribution in [-0.2, 0) is 23.9 Å². The molecule has 0 spiro atoms. The van der Waals surface area contributed by atoms with E-state index < -0.39 is 48.0 Å². The molecule has 0 aliphatic carbocycles. The van der Waals surface area contributed by atoms with Gasteiger partial charge in [0.1, 0.15) is 17.7 Å². The standard InChI is InChI=1S/C13H23N3O6/c1-7(11(19)21-5)15-10(18)8(6-9(14)17)16-12(20)22-13(2,3)4/h7-8H,6H2,1-5H3,(H2,14,17)(H,15,18)(H,16,20)/t7-,8-/m1/s1. The number of primary amides is 1. The first-order valence-corrected chi connectivity index (χ1v) is 6.62. The first kappa shape index (κ1) is 19.7. The highest BCUT2D eigenvalue weighted by molar-refractivity contribution is 5.92. The lowest BCUT2D eigenvalue weighted by atomic mass is 10.1. The SMILES string of the molecule is COC(=O)[C@@H](C)NC(=O)[C@@H](CC(N)=O)NC(=O)OC(C)(C)C. The number of hydrogen-bond acceptors (Lipinski definition) is 6. The summed E-state index contributed by atoms with van der Waals surface area (Å²) in [6.45, 7) is 6.34. The first-order chi connectivity index (χ1) is 9.96. The topological polar surface area (TPSA) is 137 Å². The molecule has 0 heterocycles. The molecule has 9 nitrogen and oxygen atoms in total. The van der Waals surface area contributed by atoms with Crippen molar-refractivity contribution in [3.05, 3.63) is 0 Å². The number of alkyl carbamates (subject to hydrolysis) is 1. The number of ether oxygens (including phenoxy) is 2. The van der Waals surface area contributed by atoms with Gasteiger partial charge in [-0.05, 0) is 27.7 Å². The van der Waals surface area contributed by atoms with Crippen LogP contribution in [0.4, 0.5) is 4.79 Å². The van der Waals surface area contributed by atoms with Crippen molar-refractivity contribution in [1.29, 1.82) is 0 Å². The van der Waals surface area contributed by atoms with Gasteiger partial charge in [0.15, 0.2) is 0 Å². The van der Waals surface area contributed by atoms with E-state index in [-0.39, 0.29) is 0 Å². The van der Waals surface area contributed by atoms with Crippen LogP contribution in [0.1, 0.15) is 34.1 Å². The molecule has 0 aromatic heterocycles. The van der Waals surface area contributed by atoms with E-state index in [0.717, 1.165) is 0 Å². The molecule has 0 radical (unpaired) electrons. The van der Waals surface area contributed by atoms with Crippen molar-refractivity contribution in [1.82, 2.24) is 10.6 Å². The number of nitrogens with one attached hydrogen (secondary N) is 2. The van der Waals surface area contributed by atoms with Crippen molar-refractivity contribution < 1.29 is 28.7 Å². The summed E-state index contributed by atoms with van der Waals surface area (Å²) in [5.74, 6) is -2.20. The van der Waals surface area contributed by atoms with Crippen LogP contribution in [0, 0.1) is 0 Å². The molecule has 0 saturated carbocycles. The Morgan fingerprint density at radius 1 is 1.14 bits per heavy atom. The Morgan fingerprint density at radius 2 is 1.68 bits per heavy atom. The maximum Gasteiger partial charge on any atom is 0.408 e. The molecule has 0 bridgehead atoms. The normalized spacial score (nSPS) is 13.5. The molecule has 0 rings (SSSR count). The van der Waals surface area contributed by atoms with Crippen LogP contribution in [0.2, 0.25) is 0 Å². The molecule has 0 aromatic carbocycles. The molecule has 0 aliphatic heterocycles. The van der Waals surface area contributed by atoms with Crippen molar-refractivity contribution in [2.24, 2.45) is 5.73 Å². The average Bonchev–Trinajstić information content (AvgIpc) is 2.33. The van der Waals surface area contributed by atoms with Gasteiger partial charge in [-0.2, -0.15) is 0 Å². The van der Waals surface area contributed by atoms with Crippen molar-refractivity contribution in [3.8, 4) is 0 Å². The van der Waals surface area contributed by atoms with Crippen LogP contribution in [0.15, 0.2) is 0 Å². The van der Waals surface area contributed by atoms with Gasteiger partial charge in [-0.25, -0.2) is 9.59 Å². The van der Waals surface area contributed by atoms with E-state index in [1.807, 2.05) is 0 Å². The maximum absolute atomic E-state index is 12.0. The minimum absolute atomic E-state index is 0.432. The molecule has 0 fully saturated rings. The second kappa shape index (κ2) is 8.20. The number of carbonyl (C=O) groups excluding carboxylic acids is 4. The average molecular weight is 317 g/mol. The number of rotatable bonds is 6.